The van der Waals surface area contributed by atoms with E-state index >= 15 is 0 Å². The summed E-state index contributed by atoms with van der Waals surface area (Å²) < 4.78 is 7.33. The van der Waals surface area contributed by atoms with Gasteiger partial charge in [0.2, 0.25) is 5.91 Å². The fraction of sp³-hybridized carbons (Fsp3) is 0.348. The molecule has 3 N–H and O–H groups in total. The quantitative estimate of drug-likeness (QED) is 0.614. The van der Waals surface area contributed by atoms with Crippen LogP contribution in [0.15, 0.2) is 47.2 Å². The zero-order valence-electron chi connectivity index (χ0n) is 16.8. The molecule has 7 nitrogen and oxygen atoms in total. The number of imidazole rings is 1. The Morgan fingerprint density at radius 3 is 2.83 bits per heavy atom. The van der Waals surface area contributed by atoms with Gasteiger partial charge in [0.1, 0.15) is 17.6 Å². The molecule has 2 aromatic heterocycles. The molecule has 0 radical (unpaired) electrons. The second-order valence-corrected chi connectivity index (χ2v) is 7.82. The standard InChI is InChI=1S/C23H24N4O3/c1-15(28)23-25-8-9-27(23)14-20-13-21(30-26-20)19-6-4-16(5-7-19)2-3-17-10-18(11-17)12-22(24)29/h4-9,13,15,17-18,28H,10-12,14H2,1H3,(H2,24,29)/t15?,17-,18-. The van der Waals surface area contributed by atoms with Crippen LogP contribution in [-0.4, -0.2) is 25.7 Å². The summed E-state index contributed by atoms with van der Waals surface area (Å²) in [7, 11) is 0. The molecule has 7 heteroatoms. The highest BCUT2D eigenvalue weighted by Gasteiger charge is 2.28. The third-order valence-electron chi connectivity index (χ3n) is 5.33. The van der Waals surface area contributed by atoms with Crippen LogP contribution >= 0.6 is 0 Å². The topological polar surface area (TPSA) is 107 Å². The number of primary amides is 1. The average Bonchev–Trinajstić information content (AvgIpc) is 3.34. The van der Waals surface area contributed by atoms with Crippen molar-refractivity contribution in [3.05, 3.63) is 59.8 Å². The van der Waals surface area contributed by atoms with Crippen molar-refractivity contribution in [2.75, 3.05) is 0 Å². The van der Waals surface area contributed by atoms with Gasteiger partial charge in [-0.05, 0) is 49.9 Å². The predicted octanol–water partition coefficient (Wildman–Crippen LogP) is 2.89. The van der Waals surface area contributed by atoms with E-state index in [2.05, 4.69) is 22.0 Å². The first-order valence-electron chi connectivity index (χ1n) is 10.0. The van der Waals surface area contributed by atoms with Gasteiger partial charge in [0, 0.05) is 41.9 Å². The fourth-order valence-electron chi connectivity index (χ4n) is 3.73. The van der Waals surface area contributed by atoms with Crippen LogP contribution in [0.25, 0.3) is 11.3 Å². The number of nitrogens with zero attached hydrogens (tertiary/aromatic N) is 3. The molecule has 0 aliphatic heterocycles. The van der Waals surface area contributed by atoms with E-state index in [0.717, 1.165) is 29.7 Å². The van der Waals surface area contributed by atoms with Crippen molar-refractivity contribution in [1.29, 1.82) is 0 Å². The van der Waals surface area contributed by atoms with Crippen molar-refractivity contribution in [3.8, 4) is 23.2 Å². The van der Waals surface area contributed by atoms with Crippen LogP contribution in [0.4, 0.5) is 0 Å². The van der Waals surface area contributed by atoms with E-state index in [1.54, 1.807) is 13.1 Å². The molecule has 1 aliphatic carbocycles. The van der Waals surface area contributed by atoms with E-state index in [4.69, 9.17) is 10.3 Å². The number of hydrogen-bond acceptors (Lipinski definition) is 5. The monoisotopic (exact) mass is 404 g/mol. The number of aliphatic hydroxyl groups is 1. The summed E-state index contributed by atoms with van der Waals surface area (Å²) >= 11 is 0. The van der Waals surface area contributed by atoms with Crippen molar-refractivity contribution >= 4 is 5.91 Å². The number of hydrogen-bond donors (Lipinski definition) is 2. The Morgan fingerprint density at radius 2 is 2.13 bits per heavy atom. The van der Waals surface area contributed by atoms with Gasteiger partial charge in [0.25, 0.3) is 0 Å². The van der Waals surface area contributed by atoms with Crippen LogP contribution in [-0.2, 0) is 11.3 Å². The number of aliphatic hydroxyl groups excluding tert-OH is 1. The molecule has 1 atom stereocenters. The maximum absolute atomic E-state index is 10.9. The summed E-state index contributed by atoms with van der Waals surface area (Å²) in [5, 5.41) is 13.9. The highest BCUT2D eigenvalue weighted by Crippen LogP contribution is 2.35. The number of carbonyl (C=O) groups is 1. The minimum Gasteiger partial charge on any atom is -0.385 e. The maximum Gasteiger partial charge on any atom is 0.217 e. The molecule has 30 heavy (non-hydrogen) atoms. The van der Waals surface area contributed by atoms with Gasteiger partial charge in [-0.25, -0.2) is 4.98 Å². The highest BCUT2D eigenvalue weighted by molar-refractivity contribution is 5.74. The molecule has 0 saturated heterocycles. The number of rotatable bonds is 6. The maximum atomic E-state index is 10.9. The summed E-state index contributed by atoms with van der Waals surface area (Å²) in [6.45, 7) is 2.16. The summed E-state index contributed by atoms with van der Waals surface area (Å²) in [4.78, 5) is 15.1. The van der Waals surface area contributed by atoms with Crippen LogP contribution in [0.5, 0.6) is 0 Å². The van der Waals surface area contributed by atoms with Gasteiger partial charge >= 0.3 is 0 Å². The minimum atomic E-state index is -0.644. The molecule has 1 fully saturated rings. The van der Waals surface area contributed by atoms with Crippen molar-refractivity contribution in [1.82, 2.24) is 14.7 Å². The lowest BCUT2D eigenvalue weighted by molar-refractivity contribution is -0.119. The van der Waals surface area contributed by atoms with Crippen LogP contribution in [0.2, 0.25) is 0 Å². The molecule has 2 heterocycles. The van der Waals surface area contributed by atoms with E-state index in [1.807, 2.05) is 41.1 Å². The van der Waals surface area contributed by atoms with E-state index in [9.17, 15) is 9.90 Å². The third kappa shape index (κ3) is 4.61. The molecular weight excluding hydrogens is 380 g/mol. The van der Waals surface area contributed by atoms with Gasteiger partial charge in [-0.15, -0.1) is 0 Å². The first-order valence-corrected chi connectivity index (χ1v) is 10.0. The zero-order valence-corrected chi connectivity index (χ0v) is 16.8. The van der Waals surface area contributed by atoms with Crippen molar-refractivity contribution in [2.24, 2.45) is 17.6 Å². The largest absolute Gasteiger partial charge is 0.385 e. The second-order valence-electron chi connectivity index (χ2n) is 7.82. The lowest BCUT2D eigenvalue weighted by Crippen LogP contribution is -2.27. The van der Waals surface area contributed by atoms with E-state index in [0.29, 0.717) is 36.4 Å². The predicted molar refractivity (Wildman–Crippen MR) is 111 cm³/mol. The first kappa shape index (κ1) is 19.9. The Kier molecular flexibility index (Phi) is 5.68. The molecule has 4 rings (SSSR count). The summed E-state index contributed by atoms with van der Waals surface area (Å²) in [5.41, 5.74) is 7.85. The smallest absolute Gasteiger partial charge is 0.217 e. The van der Waals surface area contributed by atoms with E-state index < -0.39 is 6.10 Å². The van der Waals surface area contributed by atoms with E-state index in [-0.39, 0.29) is 5.91 Å². The lowest BCUT2D eigenvalue weighted by atomic mass is 9.73. The molecule has 1 unspecified atom stereocenters. The minimum absolute atomic E-state index is 0.231. The van der Waals surface area contributed by atoms with Crippen molar-refractivity contribution < 1.29 is 14.4 Å². The summed E-state index contributed by atoms with van der Waals surface area (Å²) in [5.74, 6) is 8.26. The summed E-state index contributed by atoms with van der Waals surface area (Å²) in [6, 6.07) is 9.74. The Bertz CT molecular complexity index is 1080. The zero-order chi connectivity index (χ0) is 21.1. The number of nitrogens with two attached hydrogens (primary N) is 1. The number of amides is 1. The molecule has 1 aromatic carbocycles. The Hall–Kier alpha value is -3.37. The second kappa shape index (κ2) is 8.56. The van der Waals surface area contributed by atoms with Crippen molar-refractivity contribution in [2.45, 2.75) is 38.8 Å². The van der Waals surface area contributed by atoms with Gasteiger partial charge in [0.15, 0.2) is 5.76 Å². The number of carbonyl (C=O) groups excluding carboxylic acids is 1. The number of aromatic nitrogens is 3. The van der Waals surface area contributed by atoms with Crippen LogP contribution in [0.3, 0.4) is 0 Å². The normalized spacial score (nSPS) is 18.9. The molecule has 1 saturated carbocycles. The molecule has 0 bridgehead atoms. The average molecular weight is 404 g/mol. The molecular formula is C23H24N4O3. The Labute approximate surface area is 174 Å². The number of benzene rings is 1. The van der Waals surface area contributed by atoms with Gasteiger partial charge in [0.05, 0.1) is 6.54 Å². The third-order valence-corrected chi connectivity index (χ3v) is 5.33. The molecule has 3 aromatic rings. The van der Waals surface area contributed by atoms with E-state index in [1.165, 1.54) is 0 Å². The molecule has 1 aliphatic rings. The molecule has 154 valence electrons. The summed E-state index contributed by atoms with van der Waals surface area (Å²) in [6.07, 6.45) is 5.18. The Balaban J connectivity index is 1.37. The first-order chi connectivity index (χ1) is 14.5. The lowest BCUT2D eigenvalue weighted by Gasteiger charge is -2.30. The van der Waals surface area contributed by atoms with Crippen LogP contribution in [0, 0.1) is 23.7 Å². The van der Waals surface area contributed by atoms with Gasteiger partial charge < -0.3 is 19.9 Å². The Morgan fingerprint density at radius 1 is 1.37 bits per heavy atom. The highest BCUT2D eigenvalue weighted by atomic mass is 16.5. The van der Waals surface area contributed by atoms with Crippen molar-refractivity contribution in [3.63, 3.8) is 0 Å². The SMILES string of the molecule is CC(O)c1nccn1Cc1cc(-c2ccc(C#C[C@H]3C[C@H](CC(N)=O)C3)cc2)on1. The van der Waals surface area contributed by atoms with Gasteiger partial charge in [-0.2, -0.15) is 0 Å². The van der Waals surface area contributed by atoms with Gasteiger partial charge in [-0.3, -0.25) is 4.79 Å². The molecule has 1 amide bonds. The van der Waals surface area contributed by atoms with Gasteiger partial charge in [-0.1, -0.05) is 17.0 Å². The van der Waals surface area contributed by atoms with Crippen LogP contribution in [0.1, 0.15) is 49.4 Å². The molecule has 0 spiro atoms. The van der Waals surface area contributed by atoms with Crippen LogP contribution < -0.4 is 5.73 Å². The fourth-order valence-corrected chi connectivity index (χ4v) is 3.73.